The van der Waals surface area contributed by atoms with Gasteiger partial charge in [-0.3, -0.25) is 5.59 Å². The fraction of sp³-hybridized carbons (Fsp3) is 0.800. The number of nitrogens with one attached hydrogen (secondary N) is 1. The molecule has 2 unspecified atom stereocenters. The van der Waals surface area contributed by atoms with Gasteiger partial charge in [0, 0.05) is 12.8 Å². The molecule has 0 amide bonds. The van der Waals surface area contributed by atoms with E-state index >= 15 is 0 Å². The average molecular weight is 128 g/mol. The molecule has 0 aromatic carbocycles. The normalized spacial score (nSPS) is 40.7. The molecule has 2 saturated heterocycles. The molecule has 2 rings (SSSR count). The number of quaternary nitrogens is 1. The van der Waals surface area contributed by atoms with E-state index in [1.54, 1.807) is 0 Å². The Morgan fingerprint density at radius 2 is 2.67 bits per heavy atom. The van der Waals surface area contributed by atoms with Crippen molar-refractivity contribution in [2.75, 3.05) is 6.54 Å². The molecular formula is C5H8N2O2. The van der Waals surface area contributed by atoms with Crippen LogP contribution in [-0.4, -0.2) is 18.6 Å². The van der Waals surface area contributed by atoms with Crippen molar-refractivity contribution in [3.8, 4) is 0 Å². The van der Waals surface area contributed by atoms with E-state index < -0.39 is 0 Å². The van der Waals surface area contributed by atoms with Gasteiger partial charge in [-0.25, -0.2) is 4.79 Å². The lowest BCUT2D eigenvalue weighted by molar-refractivity contribution is -0.866. The van der Waals surface area contributed by atoms with Crippen molar-refractivity contribution in [3.63, 3.8) is 0 Å². The van der Waals surface area contributed by atoms with Crippen molar-refractivity contribution in [1.82, 2.24) is 0 Å². The zero-order valence-electron chi connectivity index (χ0n) is 4.96. The minimum atomic E-state index is -0.150. The summed E-state index contributed by atoms with van der Waals surface area (Å²) in [5.41, 5.74) is 3.65. The molecule has 2 fully saturated rings. The van der Waals surface area contributed by atoms with Gasteiger partial charge in [-0.05, 0) is 0 Å². The van der Waals surface area contributed by atoms with Gasteiger partial charge in [-0.2, -0.15) is 0 Å². The SMILES string of the molecule is O=C1O[N-][NH+]2CCCC12. The summed E-state index contributed by atoms with van der Waals surface area (Å²) in [5.74, 6) is -0.150. The molecule has 0 aliphatic carbocycles. The highest BCUT2D eigenvalue weighted by Gasteiger charge is 2.36. The molecule has 4 heteroatoms. The maximum atomic E-state index is 10.7. The highest BCUT2D eigenvalue weighted by molar-refractivity contribution is 5.76. The number of hydrogen-bond donors (Lipinski definition) is 1. The van der Waals surface area contributed by atoms with Crippen LogP contribution >= 0.6 is 0 Å². The fourth-order valence-corrected chi connectivity index (χ4v) is 1.36. The summed E-state index contributed by atoms with van der Waals surface area (Å²) in [7, 11) is 0. The number of carbonyl (C=O) groups is 1. The lowest BCUT2D eigenvalue weighted by Gasteiger charge is -2.16. The van der Waals surface area contributed by atoms with Crippen LogP contribution in [0.25, 0.3) is 5.59 Å². The predicted octanol–water partition coefficient (Wildman–Crippen LogP) is -1.21. The molecule has 50 valence electrons. The monoisotopic (exact) mass is 128 g/mol. The van der Waals surface area contributed by atoms with Crippen LogP contribution in [0.4, 0.5) is 0 Å². The summed E-state index contributed by atoms with van der Waals surface area (Å²) in [5, 5.41) is 0.958. The maximum Gasteiger partial charge on any atom is 0.353 e. The first kappa shape index (κ1) is 5.20. The van der Waals surface area contributed by atoms with Gasteiger partial charge in [-0.15, -0.1) is 0 Å². The zero-order chi connectivity index (χ0) is 6.27. The van der Waals surface area contributed by atoms with Gasteiger partial charge < -0.3 is 9.85 Å². The molecule has 0 bridgehead atoms. The van der Waals surface area contributed by atoms with Crippen LogP contribution in [0.2, 0.25) is 0 Å². The van der Waals surface area contributed by atoms with Crippen molar-refractivity contribution in [1.29, 1.82) is 0 Å². The Balaban J connectivity index is 2.15. The molecule has 2 atom stereocenters. The lowest BCUT2D eigenvalue weighted by Crippen LogP contribution is -3.08. The van der Waals surface area contributed by atoms with Crippen molar-refractivity contribution in [2.24, 2.45) is 0 Å². The first-order valence-electron chi connectivity index (χ1n) is 3.15. The van der Waals surface area contributed by atoms with E-state index in [2.05, 4.69) is 10.4 Å². The molecule has 2 heterocycles. The van der Waals surface area contributed by atoms with E-state index in [4.69, 9.17) is 0 Å². The van der Waals surface area contributed by atoms with E-state index in [1.807, 2.05) is 0 Å². The molecule has 4 nitrogen and oxygen atoms in total. The average Bonchev–Trinajstić information content (AvgIpc) is 2.35. The first-order chi connectivity index (χ1) is 4.38. The van der Waals surface area contributed by atoms with Gasteiger partial charge in [-0.1, -0.05) is 0 Å². The van der Waals surface area contributed by atoms with Crippen LogP contribution in [0.15, 0.2) is 0 Å². The standard InChI is InChI=1S/C5H8N2O2/c8-5-4-2-1-3-7(4)6-9-5/h4,7H,1-3H2. The van der Waals surface area contributed by atoms with Crippen LogP contribution in [0.5, 0.6) is 0 Å². The minimum absolute atomic E-state index is 0.0324. The molecule has 0 aromatic rings. The van der Waals surface area contributed by atoms with Crippen molar-refractivity contribution >= 4 is 5.97 Å². The van der Waals surface area contributed by atoms with Gasteiger partial charge in [0.1, 0.15) is 0 Å². The van der Waals surface area contributed by atoms with Crippen molar-refractivity contribution in [3.05, 3.63) is 5.59 Å². The Kier molecular flexibility index (Phi) is 0.972. The molecule has 9 heavy (non-hydrogen) atoms. The van der Waals surface area contributed by atoms with E-state index in [1.165, 1.54) is 0 Å². The number of rotatable bonds is 0. The van der Waals surface area contributed by atoms with Gasteiger partial charge >= 0.3 is 5.97 Å². The van der Waals surface area contributed by atoms with E-state index in [9.17, 15) is 4.79 Å². The highest BCUT2D eigenvalue weighted by Crippen LogP contribution is 2.09. The second kappa shape index (κ2) is 1.68. The maximum absolute atomic E-state index is 10.7. The zero-order valence-corrected chi connectivity index (χ0v) is 4.96. The lowest BCUT2D eigenvalue weighted by atomic mass is 10.2. The fourth-order valence-electron chi connectivity index (χ4n) is 1.36. The third-order valence-electron chi connectivity index (χ3n) is 1.87. The Bertz CT molecular complexity index is 148. The smallest absolute Gasteiger partial charge is 0.353 e. The summed E-state index contributed by atoms with van der Waals surface area (Å²) in [4.78, 5) is 15.2. The van der Waals surface area contributed by atoms with E-state index in [-0.39, 0.29) is 12.0 Å². The summed E-state index contributed by atoms with van der Waals surface area (Å²) < 4.78 is 0. The Hall–Kier alpha value is -0.610. The second-order valence-corrected chi connectivity index (χ2v) is 2.44. The van der Waals surface area contributed by atoms with Gasteiger partial charge in [0.2, 0.25) is 0 Å². The number of hydrogen-bond acceptors (Lipinski definition) is 2. The summed E-state index contributed by atoms with van der Waals surface area (Å²) >= 11 is 0. The molecule has 2 aliphatic rings. The highest BCUT2D eigenvalue weighted by atomic mass is 16.7. The van der Waals surface area contributed by atoms with Gasteiger partial charge in [0.15, 0.2) is 6.04 Å². The third-order valence-corrected chi connectivity index (χ3v) is 1.87. The van der Waals surface area contributed by atoms with Crippen LogP contribution in [-0.2, 0) is 9.63 Å². The molecule has 1 N–H and O–H groups in total. The molecule has 2 aliphatic heterocycles. The van der Waals surface area contributed by atoms with Crippen molar-refractivity contribution in [2.45, 2.75) is 18.9 Å². The Morgan fingerprint density at radius 1 is 1.78 bits per heavy atom. The topological polar surface area (TPSA) is 44.8 Å². The molecule has 0 saturated carbocycles. The molecule has 0 spiro atoms. The molecule has 0 aromatic heterocycles. The largest absolute Gasteiger partial charge is 0.509 e. The van der Waals surface area contributed by atoms with Crippen LogP contribution < -0.4 is 5.01 Å². The second-order valence-electron chi connectivity index (χ2n) is 2.44. The van der Waals surface area contributed by atoms with Crippen LogP contribution in [0.1, 0.15) is 12.8 Å². The summed E-state index contributed by atoms with van der Waals surface area (Å²) in [6, 6.07) is 0.0324. The molecular weight excluding hydrogens is 120 g/mol. The predicted molar refractivity (Wildman–Crippen MR) is 28.3 cm³/mol. The van der Waals surface area contributed by atoms with E-state index in [0.29, 0.717) is 0 Å². The van der Waals surface area contributed by atoms with Crippen molar-refractivity contribution < 1.29 is 14.6 Å². The van der Waals surface area contributed by atoms with Crippen LogP contribution in [0, 0.1) is 0 Å². The summed E-state index contributed by atoms with van der Waals surface area (Å²) in [6.07, 6.45) is 2.04. The first-order valence-corrected chi connectivity index (χ1v) is 3.15. The quantitative estimate of drug-likeness (QED) is 0.445. The Labute approximate surface area is 52.7 Å². The molecule has 0 radical (unpaired) electrons. The van der Waals surface area contributed by atoms with Crippen LogP contribution in [0.3, 0.4) is 0 Å². The Morgan fingerprint density at radius 3 is 3.44 bits per heavy atom. The van der Waals surface area contributed by atoms with Gasteiger partial charge in [0.05, 0.1) is 6.54 Å². The number of fused-ring (bicyclic) bond motifs is 1. The van der Waals surface area contributed by atoms with E-state index in [0.717, 1.165) is 24.4 Å². The summed E-state index contributed by atoms with van der Waals surface area (Å²) in [6.45, 7) is 0.955. The van der Waals surface area contributed by atoms with Gasteiger partial charge in [0.25, 0.3) is 0 Å². The number of carbonyl (C=O) groups excluding carboxylic acids is 1. The number of nitrogens with zero attached hydrogens (tertiary/aromatic N) is 1. The minimum Gasteiger partial charge on any atom is -0.509 e. The third kappa shape index (κ3) is 0.635.